The number of hydrogen-bond acceptors (Lipinski definition) is 3. The highest BCUT2D eigenvalue weighted by Crippen LogP contribution is 2.24. The molecule has 0 spiro atoms. The molecule has 1 unspecified atom stereocenters. The molecule has 11 heavy (non-hydrogen) atoms. The number of aryl methyl sites for hydroxylation is 1. The largest absolute Gasteiger partial charge is 0.319 e. The zero-order valence-electron chi connectivity index (χ0n) is 5.92. The lowest BCUT2D eigenvalue weighted by molar-refractivity contribution is 0.117. The van der Waals surface area contributed by atoms with Gasteiger partial charge in [-0.15, -0.1) is 11.3 Å². The predicted molar refractivity (Wildman–Crippen MR) is 39.8 cm³/mol. The number of nitrogens with zero attached hydrogens (tertiary/aromatic N) is 1. The summed E-state index contributed by atoms with van der Waals surface area (Å²) >= 11 is 1.17. The topological polar surface area (TPSA) is 38.9 Å². The minimum Gasteiger partial charge on any atom is -0.319 e. The van der Waals surface area contributed by atoms with Crippen LogP contribution in [0.15, 0.2) is 5.51 Å². The molecule has 62 valence electrons. The minimum absolute atomic E-state index is 0.472. The highest BCUT2D eigenvalue weighted by Gasteiger charge is 2.20. The third-order valence-electron chi connectivity index (χ3n) is 1.36. The van der Waals surface area contributed by atoms with Crippen molar-refractivity contribution in [3.05, 3.63) is 16.1 Å². The monoisotopic (exact) mass is 178 g/mol. The second-order valence-electron chi connectivity index (χ2n) is 2.16. The number of hydrogen-bond donors (Lipinski definition) is 1. The summed E-state index contributed by atoms with van der Waals surface area (Å²) in [6.07, 6.45) is -2.51. The van der Waals surface area contributed by atoms with E-state index in [1.165, 1.54) is 16.8 Å². The molecule has 0 aliphatic rings. The van der Waals surface area contributed by atoms with Crippen molar-refractivity contribution >= 4 is 11.3 Å². The molecule has 0 saturated heterocycles. The zero-order chi connectivity index (χ0) is 8.43. The van der Waals surface area contributed by atoms with Gasteiger partial charge in [-0.05, 0) is 6.92 Å². The molecular formula is C6H8F2N2S. The van der Waals surface area contributed by atoms with Crippen molar-refractivity contribution in [1.29, 1.82) is 0 Å². The lowest BCUT2D eigenvalue weighted by Gasteiger charge is -2.07. The Morgan fingerprint density at radius 3 is 2.64 bits per heavy atom. The van der Waals surface area contributed by atoms with E-state index in [2.05, 4.69) is 4.98 Å². The molecule has 0 radical (unpaired) electrons. The predicted octanol–water partition coefficient (Wildman–Crippen LogP) is 1.72. The Kier molecular flexibility index (Phi) is 2.51. The van der Waals surface area contributed by atoms with Gasteiger partial charge in [0.2, 0.25) is 0 Å². The second kappa shape index (κ2) is 3.23. The standard InChI is InChI=1S/C6H8F2N2S/c1-3-5(11-2-10-3)4(9)6(7)8/h2,4,6H,9H2,1H3. The molecule has 0 amide bonds. The van der Waals surface area contributed by atoms with Gasteiger partial charge in [-0.1, -0.05) is 0 Å². The Labute approximate surface area is 67.1 Å². The molecule has 0 bridgehead atoms. The van der Waals surface area contributed by atoms with Gasteiger partial charge in [-0.25, -0.2) is 13.8 Å². The fourth-order valence-electron chi connectivity index (χ4n) is 0.745. The molecule has 1 aromatic heterocycles. The van der Waals surface area contributed by atoms with Crippen LogP contribution in [0.4, 0.5) is 8.78 Å². The highest BCUT2D eigenvalue weighted by atomic mass is 32.1. The summed E-state index contributed by atoms with van der Waals surface area (Å²) in [7, 11) is 0. The van der Waals surface area contributed by atoms with Crippen LogP contribution in [-0.2, 0) is 0 Å². The molecule has 0 fully saturated rings. The Hall–Kier alpha value is -0.550. The lowest BCUT2D eigenvalue weighted by Crippen LogP contribution is -2.18. The normalized spacial score (nSPS) is 13.9. The number of nitrogens with two attached hydrogens (primary N) is 1. The number of alkyl halides is 2. The molecule has 1 aromatic rings. The van der Waals surface area contributed by atoms with Crippen LogP contribution in [0.2, 0.25) is 0 Å². The van der Waals surface area contributed by atoms with E-state index in [-0.39, 0.29) is 0 Å². The summed E-state index contributed by atoms with van der Waals surface area (Å²) in [5.41, 5.74) is 7.32. The molecular weight excluding hydrogens is 170 g/mol. The molecule has 2 N–H and O–H groups in total. The zero-order valence-corrected chi connectivity index (χ0v) is 6.74. The van der Waals surface area contributed by atoms with E-state index in [1.807, 2.05) is 0 Å². The van der Waals surface area contributed by atoms with Crippen molar-refractivity contribution in [2.45, 2.75) is 19.4 Å². The van der Waals surface area contributed by atoms with Crippen molar-refractivity contribution in [3.8, 4) is 0 Å². The van der Waals surface area contributed by atoms with Gasteiger partial charge in [0.25, 0.3) is 6.43 Å². The van der Waals surface area contributed by atoms with Crippen LogP contribution in [0.3, 0.4) is 0 Å². The van der Waals surface area contributed by atoms with Gasteiger partial charge in [0.15, 0.2) is 0 Å². The van der Waals surface area contributed by atoms with Crippen molar-refractivity contribution in [1.82, 2.24) is 4.98 Å². The molecule has 5 heteroatoms. The minimum atomic E-state index is -2.51. The SMILES string of the molecule is Cc1ncsc1C(N)C(F)F. The van der Waals surface area contributed by atoms with Gasteiger partial charge >= 0.3 is 0 Å². The third-order valence-corrected chi connectivity index (χ3v) is 2.39. The van der Waals surface area contributed by atoms with Crippen LogP contribution in [0.25, 0.3) is 0 Å². The van der Waals surface area contributed by atoms with Crippen LogP contribution >= 0.6 is 11.3 Å². The fraction of sp³-hybridized carbons (Fsp3) is 0.500. The first-order chi connectivity index (χ1) is 5.13. The molecule has 1 atom stereocenters. The molecule has 2 nitrogen and oxygen atoms in total. The van der Waals surface area contributed by atoms with E-state index < -0.39 is 12.5 Å². The molecule has 0 aliphatic heterocycles. The quantitative estimate of drug-likeness (QED) is 0.748. The Morgan fingerprint density at radius 2 is 2.27 bits per heavy atom. The van der Waals surface area contributed by atoms with E-state index in [9.17, 15) is 8.78 Å². The van der Waals surface area contributed by atoms with Gasteiger partial charge < -0.3 is 5.73 Å². The number of rotatable bonds is 2. The van der Waals surface area contributed by atoms with Crippen LogP contribution in [-0.4, -0.2) is 11.4 Å². The van der Waals surface area contributed by atoms with Crippen LogP contribution < -0.4 is 5.73 Å². The van der Waals surface area contributed by atoms with Gasteiger partial charge in [0.1, 0.15) is 6.04 Å². The van der Waals surface area contributed by atoms with Gasteiger partial charge in [-0.2, -0.15) is 0 Å². The second-order valence-corrected chi connectivity index (χ2v) is 3.05. The summed E-state index contributed by atoms with van der Waals surface area (Å²) < 4.78 is 24.1. The van der Waals surface area contributed by atoms with Gasteiger partial charge in [-0.3, -0.25) is 0 Å². The van der Waals surface area contributed by atoms with E-state index in [0.717, 1.165) is 0 Å². The first-order valence-electron chi connectivity index (χ1n) is 3.06. The summed E-state index contributed by atoms with van der Waals surface area (Å²) in [6.45, 7) is 1.67. The Bertz CT molecular complexity index is 236. The summed E-state index contributed by atoms with van der Waals surface area (Å²) in [4.78, 5) is 4.30. The molecule has 0 saturated carbocycles. The maximum atomic E-state index is 12.0. The van der Waals surface area contributed by atoms with E-state index in [0.29, 0.717) is 10.6 Å². The molecule has 0 aliphatic carbocycles. The first kappa shape index (κ1) is 8.55. The molecule has 1 heterocycles. The summed E-state index contributed by atoms with van der Waals surface area (Å²) in [5.74, 6) is 0. The van der Waals surface area contributed by atoms with E-state index in [1.54, 1.807) is 6.92 Å². The van der Waals surface area contributed by atoms with Gasteiger partial charge in [0, 0.05) is 4.88 Å². The van der Waals surface area contributed by atoms with Crippen molar-refractivity contribution in [2.75, 3.05) is 0 Å². The summed E-state index contributed by atoms with van der Waals surface area (Å²) in [5, 5.41) is 0. The van der Waals surface area contributed by atoms with E-state index in [4.69, 9.17) is 5.73 Å². The number of halogens is 2. The number of thiazole rings is 1. The van der Waals surface area contributed by atoms with Crippen molar-refractivity contribution < 1.29 is 8.78 Å². The third kappa shape index (κ3) is 1.72. The smallest absolute Gasteiger partial charge is 0.258 e. The van der Waals surface area contributed by atoms with Crippen molar-refractivity contribution in [3.63, 3.8) is 0 Å². The van der Waals surface area contributed by atoms with Gasteiger partial charge in [0.05, 0.1) is 11.2 Å². The van der Waals surface area contributed by atoms with E-state index >= 15 is 0 Å². The van der Waals surface area contributed by atoms with Crippen LogP contribution in [0.5, 0.6) is 0 Å². The van der Waals surface area contributed by atoms with Crippen molar-refractivity contribution in [2.24, 2.45) is 5.73 Å². The van der Waals surface area contributed by atoms with Crippen LogP contribution in [0, 0.1) is 6.92 Å². The maximum Gasteiger partial charge on any atom is 0.258 e. The highest BCUT2D eigenvalue weighted by molar-refractivity contribution is 7.09. The molecule has 0 aromatic carbocycles. The average molecular weight is 178 g/mol. The molecule has 1 rings (SSSR count). The first-order valence-corrected chi connectivity index (χ1v) is 3.94. The number of aromatic nitrogens is 1. The lowest BCUT2D eigenvalue weighted by atomic mass is 10.2. The fourth-order valence-corrected chi connectivity index (χ4v) is 1.55. The Balaban J connectivity index is 2.84. The van der Waals surface area contributed by atoms with Crippen LogP contribution in [0.1, 0.15) is 16.6 Å². The Morgan fingerprint density at radius 1 is 1.64 bits per heavy atom. The summed E-state index contributed by atoms with van der Waals surface area (Å²) in [6, 6.07) is -1.18. The average Bonchev–Trinajstić information content (AvgIpc) is 2.33. The maximum absolute atomic E-state index is 12.0.